The number of hydrogen-bond donors (Lipinski definition) is 1. The Morgan fingerprint density at radius 1 is 1.16 bits per heavy atom. The lowest BCUT2D eigenvalue weighted by atomic mass is 10.1. The van der Waals surface area contributed by atoms with Crippen molar-refractivity contribution >= 4 is 6.08 Å². The van der Waals surface area contributed by atoms with Crippen molar-refractivity contribution in [3.63, 3.8) is 0 Å². The Balaban J connectivity index is 2.56. The Morgan fingerprint density at radius 2 is 1.89 bits per heavy atom. The summed E-state index contributed by atoms with van der Waals surface area (Å²) in [5.74, 6) is 1.64. The van der Waals surface area contributed by atoms with Crippen LogP contribution in [0.2, 0.25) is 0 Å². The van der Waals surface area contributed by atoms with Crippen LogP contribution in [0.15, 0.2) is 24.3 Å². The van der Waals surface area contributed by atoms with Crippen LogP contribution in [0.1, 0.15) is 32.8 Å². The molecule has 0 saturated carbocycles. The molecule has 1 aromatic rings. The maximum Gasteiger partial charge on any atom is 0.129 e. The lowest BCUT2D eigenvalue weighted by molar-refractivity contribution is 0.393. The number of rotatable bonds is 6. The van der Waals surface area contributed by atoms with Gasteiger partial charge < -0.3 is 14.8 Å². The molecule has 0 radical (unpaired) electrons. The Hall–Kier alpha value is -1.48. The Labute approximate surface area is 116 Å². The minimum absolute atomic E-state index is 0.172. The summed E-state index contributed by atoms with van der Waals surface area (Å²) >= 11 is 0. The predicted octanol–water partition coefficient (Wildman–Crippen LogP) is 3.50. The van der Waals surface area contributed by atoms with Crippen molar-refractivity contribution in [1.82, 2.24) is 5.32 Å². The molecule has 0 spiro atoms. The van der Waals surface area contributed by atoms with Crippen molar-refractivity contribution in [1.29, 1.82) is 0 Å². The molecule has 0 bridgehead atoms. The van der Waals surface area contributed by atoms with Crippen molar-refractivity contribution < 1.29 is 9.47 Å². The Bertz CT molecular complexity index is 419. The van der Waals surface area contributed by atoms with Crippen molar-refractivity contribution in [3.05, 3.63) is 29.8 Å². The van der Waals surface area contributed by atoms with Gasteiger partial charge in [-0.3, -0.25) is 0 Å². The van der Waals surface area contributed by atoms with Gasteiger partial charge in [0.2, 0.25) is 0 Å². The Kier molecular flexibility index (Phi) is 5.90. The van der Waals surface area contributed by atoms with E-state index in [9.17, 15) is 0 Å². The molecule has 1 aromatic carbocycles. The van der Waals surface area contributed by atoms with Crippen LogP contribution in [0.5, 0.6) is 11.5 Å². The molecular weight excluding hydrogens is 238 g/mol. The van der Waals surface area contributed by atoms with E-state index in [1.54, 1.807) is 14.2 Å². The van der Waals surface area contributed by atoms with E-state index in [1.165, 1.54) is 0 Å². The molecule has 0 heterocycles. The highest BCUT2D eigenvalue weighted by atomic mass is 16.5. The zero-order valence-electron chi connectivity index (χ0n) is 12.6. The molecule has 0 amide bonds. The standard InChI is InChI=1S/C16H25NO2/c1-16(2,3)17-11-7-6-8-13-9-10-14(18-4)12-15(13)19-5/h6,8-10,12,17H,7,11H2,1-5H3. The molecule has 1 rings (SSSR count). The molecule has 0 aliphatic carbocycles. The Morgan fingerprint density at radius 3 is 2.47 bits per heavy atom. The second-order valence-electron chi connectivity index (χ2n) is 5.48. The van der Waals surface area contributed by atoms with Crippen LogP contribution in [-0.4, -0.2) is 26.3 Å². The molecule has 0 fully saturated rings. The van der Waals surface area contributed by atoms with Crippen LogP contribution < -0.4 is 14.8 Å². The number of benzene rings is 1. The molecule has 3 nitrogen and oxygen atoms in total. The summed E-state index contributed by atoms with van der Waals surface area (Å²) in [6.07, 6.45) is 5.23. The number of nitrogens with one attached hydrogen (secondary N) is 1. The molecule has 19 heavy (non-hydrogen) atoms. The molecule has 3 heteroatoms. The van der Waals surface area contributed by atoms with E-state index < -0.39 is 0 Å². The lowest BCUT2D eigenvalue weighted by Gasteiger charge is -2.19. The van der Waals surface area contributed by atoms with E-state index in [0.29, 0.717) is 0 Å². The molecule has 0 aromatic heterocycles. The zero-order valence-corrected chi connectivity index (χ0v) is 12.6. The van der Waals surface area contributed by atoms with E-state index >= 15 is 0 Å². The molecule has 1 N–H and O–H groups in total. The van der Waals surface area contributed by atoms with Crippen molar-refractivity contribution in [2.75, 3.05) is 20.8 Å². The van der Waals surface area contributed by atoms with Gasteiger partial charge in [-0.25, -0.2) is 0 Å². The zero-order chi connectivity index (χ0) is 14.3. The molecule has 0 saturated heterocycles. The maximum atomic E-state index is 5.35. The number of hydrogen-bond acceptors (Lipinski definition) is 3. The van der Waals surface area contributed by atoms with Gasteiger partial charge in [-0.2, -0.15) is 0 Å². The van der Waals surface area contributed by atoms with Gasteiger partial charge in [-0.05, 0) is 45.9 Å². The average molecular weight is 263 g/mol. The summed E-state index contributed by atoms with van der Waals surface area (Å²) in [5.41, 5.74) is 1.24. The molecule has 0 aliphatic heterocycles. The van der Waals surface area contributed by atoms with Crippen molar-refractivity contribution in [2.24, 2.45) is 0 Å². The highest BCUT2D eigenvalue weighted by Gasteiger charge is 2.06. The molecule has 0 aliphatic rings. The van der Waals surface area contributed by atoms with Crippen LogP contribution in [0, 0.1) is 0 Å². The second kappa shape index (κ2) is 7.19. The highest BCUT2D eigenvalue weighted by molar-refractivity contribution is 5.59. The average Bonchev–Trinajstić information content (AvgIpc) is 2.37. The van der Waals surface area contributed by atoms with Crippen LogP contribution >= 0.6 is 0 Å². The normalized spacial score (nSPS) is 11.8. The fourth-order valence-electron chi connectivity index (χ4n) is 1.70. The second-order valence-corrected chi connectivity index (χ2v) is 5.48. The van der Waals surface area contributed by atoms with E-state index in [1.807, 2.05) is 18.2 Å². The molecule has 0 atom stereocenters. The van der Waals surface area contributed by atoms with Gasteiger partial charge in [-0.15, -0.1) is 0 Å². The van der Waals surface area contributed by atoms with Gasteiger partial charge in [0.25, 0.3) is 0 Å². The van der Waals surface area contributed by atoms with Gasteiger partial charge in [0.05, 0.1) is 14.2 Å². The molecule has 0 unspecified atom stereocenters. The first kappa shape index (κ1) is 15.6. The summed E-state index contributed by atoms with van der Waals surface area (Å²) in [5, 5.41) is 3.45. The third-order valence-electron chi connectivity index (χ3n) is 2.70. The summed E-state index contributed by atoms with van der Waals surface area (Å²) in [6, 6.07) is 5.84. The monoisotopic (exact) mass is 263 g/mol. The fourth-order valence-corrected chi connectivity index (χ4v) is 1.70. The van der Waals surface area contributed by atoms with Crippen molar-refractivity contribution in [2.45, 2.75) is 32.7 Å². The van der Waals surface area contributed by atoms with Crippen molar-refractivity contribution in [3.8, 4) is 11.5 Å². The fraction of sp³-hybridized carbons (Fsp3) is 0.500. The van der Waals surface area contributed by atoms with Gasteiger partial charge in [0.1, 0.15) is 11.5 Å². The molecular formula is C16H25NO2. The summed E-state index contributed by atoms with van der Waals surface area (Å²) in [7, 11) is 3.33. The van der Waals surface area contributed by atoms with Gasteiger partial charge in [0.15, 0.2) is 0 Å². The summed E-state index contributed by atoms with van der Waals surface area (Å²) in [4.78, 5) is 0. The topological polar surface area (TPSA) is 30.5 Å². The third kappa shape index (κ3) is 5.79. The minimum atomic E-state index is 0.172. The van der Waals surface area contributed by atoms with Gasteiger partial charge in [-0.1, -0.05) is 12.2 Å². The molecule has 106 valence electrons. The van der Waals surface area contributed by atoms with E-state index in [2.05, 4.69) is 38.2 Å². The van der Waals surface area contributed by atoms with Gasteiger partial charge >= 0.3 is 0 Å². The van der Waals surface area contributed by atoms with Crippen LogP contribution in [0.25, 0.3) is 6.08 Å². The van der Waals surface area contributed by atoms with E-state index in [-0.39, 0.29) is 5.54 Å². The van der Waals surface area contributed by atoms with E-state index in [4.69, 9.17) is 9.47 Å². The third-order valence-corrected chi connectivity index (χ3v) is 2.70. The summed E-state index contributed by atoms with van der Waals surface area (Å²) in [6.45, 7) is 7.48. The first-order valence-corrected chi connectivity index (χ1v) is 6.60. The summed E-state index contributed by atoms with van der Waals surface area (Å²) < 4.78 is 10.5. The minimum Gasteiger partial charge on any atom is -0.497 e. The predicted molar refractivity (Wildman–Crippen MR) is 81.0 cm³/mol. The van der Waals surface area contributed by atoms with Crippen LogP contribution in [0.4, 0.5) is 0 Å². The smallest absolute Gasteiger partial charge is 0.129 e. The van der Waals surface area contributed by atoms with E-state index in [0.717, 1.165) is 30.0 Å². The highest BCUT2D eigenvalue weighted by Crippen LogP contribution is 2.25. The number of methoxy groups -OCH3 is 2. The lowest BCUT2D eigenvalue weighted by Crippen LogP contribution is -2.36. The first-order chi connectivity index (χ1) is 8.96. The van der Waals surface area contributed by atoms with Crippen LogP contribution in [0.3, 0.4) is 0 Å². The van der Waals surface area contributed by atoms with Gasteiger partial charge in [0, 0.05) is 17.2 Å². The maximum absolute atomic E-state index is 5.35. The largest absolute Gasteiger partial charge is 0.497 e. The van der Waals surface area contributed by atoms with Crippen LogP contribution in [-0.2, 0) is 0 Å². The first-order valence-electron chi connectivity index (χ1n) is 6.60. The SMILES string of the molecule is COc1ccc(C=CCCNC(C)(C)C)c(OC)c1. The quantitative estimate of drug-likeness (QED) is 0.797. The number of ether oxygens (including phenoxy) is 2.